The molecule has 3 aromatic rings. The lowest BCUT2D eigenvalue weighted by Gasteiger charge is -2.27. The van der Waals surface area contributed by atoms with Crippen molar-refractivity contribution >= 4 is 5.82 Å². The van der Waals surface area contributed by atoms with Gasteiger partial charge in [-0.15, -0.1) is 0 Å². The Morgan fingerprint density at radius 3 is 2.60 bits per heavy atom. The number of nitrogens with one attached hydrogen (secondary N) is 2. The third kappa shape index (κ3) is 5.98. The van der Waals surface area contributed by atoms with Gasteiger partial charge in [-0.1, -0.05) is 17.3 Å². The molecule has 1 aliphatic rings. The van der Waals surface area contributed by atoms with E-state index in [-0.39, 0.29) is 18.8 Å². The van der Waals surface area contributed by atoms with Gasteiger partial charge in [0.25, 0.3) is 0 Å². The van der Waals surface area contributed by atoms with Crippen LogP contribution in [0.15, 0.2) is 28.8 Å². The van der Waals surface area contributed by atoms with Crippen LogP contribution < -0.4 is 15.4 Å². The molecule has 4 N–H and O–H groups in total. The fraction of sp³-hybridized carbons (Fsp3) is 0.500. The van der Waals surface area contributed by atoms with Gasteiger partial charge in [-0.3, -0.25) is 0 Å². The summed E-state index contributed by atoms with van der Waals surface area (Å²) in [4.78, 5) is 9.83. The number of rotatable bonds is 9. The van der Waals surface area contributed by atoms with Gasteiger partial charge in [-0.25, -0.2) is 9.97 Å². The molecule has 1 saturated carbocycles. The average Bonchev–Trinajstić information content (AvgIpc) is 3.18. The van der Waals surface area contributed by atoms with Gasteiger partial charge < -0.3 is 30.1 Å². The largest absolute Gasteiger partial charge is 0.491 e. The van der Waals surface area contributed by atoms with Crippen LogP contribution in [0.5, 0.6) is 5.75 Å². The minimum absolute atomic E-state index is 0.184. The second-order valence-electron chi connectivity index (χ2n) is 9.27. The fourth-order valence-electron chi connectivity index (χ4n) is 4.48. The van der Waals surface area contributed by atoms with Crippen molar-refractivity contribution < 1.29 is 19.5 Å². The normalized spacial score (nSPS) is 18.9. The highest BCUT2D eigenvalue weighted by atomic mass is 16.5. The zero-order chi connectivity index (χ0) is 24.9. The quantitative estimate of drug-likeness (QED) is 0.364. The number of ether oxygens (including phenoxy) is 1. The second-order valence-corrected chi connectivity index (χ2v) is 9.27. The maximum absolute atomic E-state index is 9.98. The van der Waals surface area contributed by atoms with Crippen LogP contribution in [0.25, 0.3) is 22.6 Å². The lowest BCUT2D eigenvalue weighted by molar-refractivity contribution is 0.108. The van der Waals surface area contributed by atoms with Gasteiger partial charge >= 0.3 is 0 Å². The van der Waals surface area contributed by atoms with Crippen LogP contribution in [-0.4, -0.2) is 63.8 Å². The molecule has 188 valence electrons. The Morgan fingerprint density at radius 1 is 1.14 bits per heavy atom. The molecule has 0 saturated heterocycles. The number of aryl methyl sites for hydroxylation is 2. The highest BCUT2D eigenvalue weighted by Gasteiger charge is 2.24. The zero-order valence-corrected chi connectivity index (χ0v) is 20.8. The van der Waals surface area contributed by atoms with Gasteiger partial charge in [-0.05, 0) is 65.6 Å². The van der Waals surface area contributed by atoms with Crippen molar-refractivity contribution in [3.05, 3.63) is 41.3 Å². The Balaban J connectivity index is 1.70. The Morgan fingerprint density at radius 2 is 1.91 bits per heavy atom. The van der Waals surface area contributed by atoms with Crippen LogP contribution in [0, 0.1) is 20.8 Å². The van der Waals surface area contributed by atoms with Crippen LogP contribution in [-0.2, 0) is 0 Å². The number of aliphatic hydroxyl groups is 2. The summed E-state index contributed by atoms with van der Waals surface area (Å²) in [5.41, 5.74) is 4.16. The predicted octanol–water partition coefficient (Wildman–Crippen LogP) is 3.40. The molecule has 35 heavy (non-hydrogen) atoms. The van der Waals surface area contributed by atoms with Gasteiger partial charge in [-0.2, -0.15) is 0 Å². The first kappa shape index (κ1) is 25.1. The Bertz CT molecular complexity index is 1120. The number of likely N-dealkylation sites (N-methyl/N-ethyl adjacent to an activating group) is 1. The molecule has 1 aliphatic carbocycles. The van der Waals surface area contributed by atoms with Crippen LogP contribution in [0.4, 0.5) is 5.82 Å². The zero-order valence-electron chi connectivity index (χ0n) is 20.8. The molecule has 1 fully saturated rings. The standard InChI is InChI=1S/C26H35N5O4/c1-15-24(23-16(2)31-35-17(23)3)29-26(30-25(15)28-19-8-10-20(32)11-9-19)18-6-5-7-22(12-18)34-14-21(33)13-27-4/h5-7,12,19-21,27,32-33H,8-11,13-14H2,1-4H3,(H,28,29,30)/t19-,20+,21?. The number of hydrogen-bond acceptors (Lipinski definition) is 9. The van der Waals surface area contributed by atoms with Crippen LogP contribution in [0.2, 0.25) is 0 Å². The van der Waals surface area contributed by atoms with Crippen LogP contribution in [0.1, 0.15) is 42.7 Å². The molecule has 0 radical (unpaired) electrons. The van der Waals surface area contributed by atoms with E-state index in [0.717, 1.165) is 59.6 Å². The lowest BCUT2D eigenvalue weighted by atomic mass is 9.93. The molecule has 9 nitrogen and oxygen atoms in total. The lowest BCUT2D eigenvalue weighted by Crippen LogP contribution is -2.29. The monoisotopic (exact) mass is 481 g/mol. The summed E-state index contributed by atoms with van der Waals surface area (Å²) in [7, 11) is 1.79. The number of aliphatic hydroxyl groups excluding tert-OH is 2. The number of hydrogen-bond donors (Lipinski definition) is 4. The second kappa shape index (κ2) is 11.2. The Labute approximate surface area is 205 Å². The summed E-state index contributed by atoms with van der Waals surface area (Å²) in [6.07, 6.45) is 2.52. The van der Waals surface area contributed by atoms with Crippen molar-refractivity contribution in [2.24, 2.45) is 0 Å². The SMILES string of the molecule is CNCC(O)COc1cccc(-c2nc(N[C@H]3CC[C@@H](O)CC3)c(C)c(-c3c(C)noc3C)n2)c1. The number of anilines is 1. The third-order valence-corrected chi connectivity index (χ3v) is 6.43. The van der Waals surface area contributed by atoms with E-state index < -0.39 is 6.10 Å². The van der Waals surface area contributed by atoms with Crippen molar-refractivity contribution in [3.63, 3.8) is 0 Å². The molecule has 0 spiro atoms. The van der Waals surface area contributed by atoms with Crippen molar-refractivity contribution in [2.75, 3.05) is 25.5 Å². The Hall–Kier alpha value is -3.01. The van der Waals surface area contributed by atoms with Gasteiger partial charge in [0.15, 0.2) is 5.82 Å². The van der Waals surface area contributed by atoms with E-state index >= 15 is 0 Å². The minimum Gasteiger partial charge on any atom is -0.491 e. The fourth-order valence-corrected chi connectivity index (χ4v) is 4.48. The van der Waals surface area contributed by atoms with E-state index in [1.165, 1.54) is 0 Å². The summed E-state index contributed by atoms with van der Waals surface area (Å²) in [6, 6.07) is 7.81. The van der Waals surface area contributed by atoms with E-state index in [0.29, 0.717) is 23.9 Å². The van der Waals surface area contributed by atoms with E-state index in [4.69, 9.17) is 19.2 Å². The topological polar surface area (TPSA) is 126 Å². The van der Waals surface area contributed by atoms with Crippen molar-refractivity contribution in [1.29, 1.82) is 0 Å². The number of nitrogens with zero attached hydrogens (tertiary/aromatic N) is 3. The highest BCUT2D eigenvalue weighted by Crippen LogP contribution is 2.34. The molecule has 0 bridgehead atoms. The molecule has 1 atom stereocenters. The first-order chi connectivity index (χ1) is 16.9. The summed E-state index contributed by atoms with van der Waals surface area (Å²) in [5.74, 6) is 2.67. The average molecular weight is 482 g/mol. The van der Waals surface area contributed by atoms with Crippen LogP contribution in [0.3, 0.4) is 0 Å². The van der Waals surface area contributed by atoms with E-state index in [9.17, 15) is 10.2 Å². The molecule has 2 heterocycles. The first-order valence-electron chi connectivity index (χ1n) is 12.2. The minimum atomic E-state index is -0.602. The predicted molar refractivity (Wildman–Crippen MR) is 134 cm³/mol. The highest BCUT2D eigenvalue weighted by molar-refractivity contribution is 5.74. The molecule has 9 heteroatoms. The van der Waals surface area contributed by atoms with Crippen molar-refractivity contribution in [2.45, 2.75) is 64.7 Å². The molecule has 2 aromatic heterocycles. The Kier molecular flexibility index (Phi) is 8.00. The number of benzene rings is 1. The summed E-state index contributed by atoms with van der Waals surface area (Å²) >= 11 is 0. The van der Waals surface area contributed by atoms with Gasteiger partial charge in [0.2, 0.25) is 0 Å². The van der Waals surface area contributed by atoms with Crippen molar-refractivity contribution in [3.8, 4) is 28.4 Å². The van der Waals surface area contributed by atoms with E-state index in [1.807, 2.05) is 45.0 Å². The molecule has 0 aliphatic heterocycles. The maximum Gasteiger partial charge on any atom is 0.162 e. The van der Waals surface area contributed by atoms with E-state index in [2.05, 4.69) is 15.8 Å². The maximum atomic E-state index is 9.98. The summed E-state index contributed by atoms with van der Waals surface area (Å²) in [5, 5.41) is 30.5. The van der Waals surface area contributed by atoms with E-state index in [1.54, 1.807) is 7.05 Å². The first-order valence-corrected chi connectivity index (χ1v) is 12.2. The molecule has 1 aromatic carbocycles. The molecule has 0 amide bonds. The smallest absolute Gasteiger partial charge is 0.162 e. The molecule has 4 rings (SSSR count). The van der Waals surface area contributed by atoms with Gasteiger partial charge in [0.05, 0.1) is 23.1 Å². The van der Waals surface area contributed by atoms with Crippen LogP contribution >= 0.6 is 0 Å². The van der Waals surface area contributed by atoms with Crippen molar-refractivity contribution in [1.82, 2.24) is 20.4 Å². The molecular formula is C26H35N5O4. The van der Waals surface area contributed by atoms with Gasteiger partial charge in [0.1, 0.15) is 30.0 Å². The summed E-state index contributed by atoms with van der Waals surface area (Å²) < 4.78 is 11.2. The molecule has 1 unspecified atom stereocenters. The third-order valence-electron chi connectivity index (χ3n) is 6.43. The summed E-state index contributed by atoms with van der Waals surface area (Å²) in [6.45, 7) is 6.44. The number of aromatic nitrogens is 3. The van der Waals surface area contributed by atoms with Gasteiger partial charge in [0, 0.05) is 23.7 Å². The molecular weight excluding hydrogens is 446 g/mol.